The van der Waals surface area contributed by atoms with Gasteiger partial charge in [0.2, 0.25) is 6.79 Å². The second kappa shape index (κ2) is 10.5. The Morgan fingerprint density at radius 2 is 1.96 bits per heavy atom. The van der Waals surface area contributed by atoms with Crippen LogP contribution in [0.15, 0.2) is 35.3 Å². The van der Waals surface area contributed by atoms with Gasteiger partial charge in [0, 0.05) is 20.4 Å². The normalized spacial score (nSPS) is 13.6. The number of nitrogens with zero attached hydrogens (tertiary/aromatic N) is 1. The molecule has 0 saturated heterocycles. The van der Waals surface area contributed by atoms with E-state index in [4.69, 9.17) is 15.0 Å². The van der Waals surface area contributed by atoms with Crippen LogP contribution in [0.2, 0.25) is 0 Å². The molecule has 138 valence electrons. The molecule has 0 saturated carbocycles. The Morgan fingerprint density at radius 1 is 1.28 bits per heavy atom. The lowest BCUT2D eigenvalue weighted by molar-refractivity contribution is -0.150. The molecule has 3 N–H and O–H groups in total. The van der Waals surface area contributed by atoms with E-state index in [9.17, 15) is 14.2 Å². The molecule has 0 spiro atoms. The summed E-state index contributed by atoms with van der Waals surface area (Å²) in [6.45, 7) is 0.394. The molecule has 9 nitrogen and oxygen atoms in total. The van der Waals surface area contributed by atoms with Gasteiger partial charge in [0.1, 0.15) is 0 Å². The molecule has 0 radical (unpaired) electrons. The summed E-state index contributed by atoms with van der Waals surface area (Å²) < 4.78 is 26.5. The Bertz CT molecular complexity index is 650. The van der Waals surface area contributed by atoms with Crippen LogP contribution in [0.4, 0.5) is 0 Å². The van der Waals surface area contributed by atoms with Gasteiger partial charge >= 0.3 is 19.7 Å². The molecule has 0 aliphatic carbocycles. The third-order valence-corrected chi connectivity index (χ3v) is 4.32. The van der Waals surface area contributed by atoms with Gasteiger partial charge in [0.05, 0.1) is 0 Å². The molecule has 0 fully saturated rings. The number of carbonyl (C=O) groups excluding carboxylic acids is 2. The molecule has 25 heavy (non-hydrogen) atoms. The minimum absolute atomic E-state index is 0.169. The first-order chi connectivity index (χ1) is 11.8. The van der Waals surface area contributed by atoms with Crippen LogP contribution in [0.3, 0.4) is 0 Å². The van der Waals surface area contributed by atoms with Crippen LogP contribution in [0.1, 0.15) is 25.3 Å². The molecule has 0 aliphatic rings. The van der Waals surface area contributed by atoms with E-state index in [0.717, 1.165) is 18.9 Å². The van der Waals surface area contributed by atoms with Crippen LogP contribution < -0.4 is 10.8 Å². The van der Waals surface area contributed by atoms with Gasteiger partial charge in [-0.3, -0.25) is 19.7 Å². The predicted molar refractivity (Wildman–Crippen MR) is 91.5 cm³/mol. The van der Waals surface area contributed by atoms with Crippen molar-refractivity contribution in [2.75, 3.05) is 13.8 Å². The first-order valence-corrected chi connectivity index (χ1v) is 9.04. The monoisotopic (exact) mass is 371 g/mol. The van der Waals surface area contributed by atoms with Gasteiger partial charge in [-0.1, -0.05) is 30.3 Å². The number of aliphatic imine (C=N–C) groups is 1. The molecular weight excluding hydrogens is 349 g/mol. The van der Waals surface area contributed by atoms with Crippen molar-refractivity contribution in [2.45, 2.75) is 26.2 Å². The zero-order valence-electron chi connectivity index (χ0n) is 14.1. The van der Waals surface area contributed by atoms with Crippen LogP contribution >= 0.6 is 7.75 Å². The molecule has 1 aromatic rings. The maximum absolute atomic E-state index is 12.2. The Kier molecular flexibility index (Phi) is 8.66. The molecule has 1 atom stereocenters. The molecule has 0 aliphatic heterocycles. The second-order valence-corrected chi connectivity index (χ2v) is 6.56. The number of nitrogens with one attached hydrogen (secondary N) is 1. The topological polar surface area (TPSA) is 129 Å². The van der Waals surface area contributed by atoms with E-state index >= 15 is 0 Å². The van der Waals surface area contributed by atoms with Gasteiger partial charge in [-0.05, 0) is 18.4 Å². The standard InChI is InChI=1S/C15H22N3O6P/c1-12(19)24-25(21,18-15(16)17-2)23-11-22-14(20)10-6-9-13-7-4-3-5-8-13/h3-5,7-8H,6,9-11H2,1-2H3,(H3,16,17,18,21). The number of hydrogen-bond donors (Lipinski definition) is 2. The molecule has 10 heteroatoms. The Morgan fingerprint density at radius 3 is 2.56 bits per heavy atom. The number of carbonyl (C=O) groups is 2. The largest absolute Gasteiger partial charge is 0.493 e. The third kappa shape index (κ3) is 8.88. The number of nitrogens with two attached hydrogens (primary N) is 1. The van der Waals surface area contributed by atoms with E-state index in [1.807, 2.05) is 30.3 Å². The summed E-state index contributed by atoms with van der Waals surface area (Å²) in [5.74, 6) is -1.63. The van der Waals surface area contributed by atoms with Gasteiger partial charge in [0.25, 0.3) is 0 Å². The Hall–Kier alpha value is -2.38. The van der Waals surface area contributed by atoms with Crippen LogP contribution in [-0.4, -0.2) is 31.7 Å². The van der Waals surface area contributed by atoms with E-state index in [1.165, 1.54) is 7.05 Å². The number of rotatable bonds is 9. The summed E-state index contributed by atoms with van der Waals surface area (Å²) >= 11 is 0. The number of esters is 1. The van der Waals surface area contributed by atoms with Crippen LogP contribution in [-0.2, 0) is 34.4 Å². The van der Waals surface area contributed by atoms with Crippen LogP contribution in [0.25, 0.3) is 0 Å². The van der Waals surface area contributed by atoms with Crippen molar-refractivity contribution >= 4 is 25.6 Å². The molecule has 0 aromatic heterocycles. The van der Waals surface area contributed by atoms with E-state index in [2.05, 4.69) is 14.6 Å². The van der Waals surface area contributed by atoms with E-state index in [-0.39, 0.29) is 12.4 Å². The lowest BCUT2D eigenvalue weighted by Crippen LogP contribution is -2.31. The van der Waals surface area contributed by atoms with Crippen molar-refractivity contribution in [3.05, 3.63) is 35.9 Å². The summed E-state index contributed by atoms with van der Waals surface area (Å²) in [7, 11) is -2.77. The van der Waals surface area contributed by atoms with E-state index in [0.29, 0.717) is 6.42 Å². The number of aryl methyl sites for hydroxylation is 1. The average molecular weight is 371 g/mol. The zero-order valence-corrected chi connectivity index (χ0v) is 15.0. The van der Waals surface area contributed by atoms with E-state index < -0.39 is 26.5 Å². The lowest BCUT2D eigenvalue weighted by atomic mass is 10.1. The Balaban J connectivity index is 2.37. The van der Waals surface area contributed by atoms with Gasteiger partial charge in [-0.2, -0.15) is 0 Å². The highest BCUT2D eigenvalue weighted by Crippen LogP contribution is 2.43. The predicted octanol–water partition coefficient (Wildman–Crippen LogP) is 1.73. The Labute approximate surface area is 146 Å². The fourth-order valence-electron chi connectivity index (χ4n) is 1.76. The molecule has 1 unspecified atom stereocenters. The lowest BCUT2D eigenvalue weighted by Gasteiger charge is -2.17. The van der Waals surface area contributed by atoms with Gasteiger partial charge in [0.15, 0.2) is 5.96 Å². The van der Waals surface area contributed by atoms with Crippen molar-refractivity contribution in [3.8, 4) is 0 Å². The first kappa shape index (κ1) is 20.7. The molecular formula is C15H22N3O6P. The highest BCUT2D eigenvalue weighted by molar-refractivity contribution is 7.53. The number of benzene rings is 1. The highest BCUT2D eigenvalue weighted by Gasteiger charge is 2.29. The molecule has 1 rings (SSSR count). The van der Waals surface area contributed by atoms with Crippen molar-refractivity contribution in [3.63, 3.8) is 0 Å². The summed E-state index contributed by atoms with van der Waals surface area (Å²) in [5, 5.41) is 2.14. The van der Waals surface area contributed by atoms with Gasteiger partial charge in [-0.15, -0.1) is 0 Å². The molecule has 0 amide bonds. The quantitative estimate of drug-likeness (QED) is 0.221. The fraction of sp³-hybridized carbons (Fsp3) is 0.400. The number of ether oxygens (including phenoxy) is 1. The summed E-state index contributed by atoms with van der Waals surface area (Å²) in [4.78, 5) is 26.2. The second-order valence-electron chi connectivity index (χ2n) is 4.90. The van der Waals surface area contributed by atoms with Crippen LogP contribution in [0.5, 0.6) is 0 Å². The summed E-state index contributed by atoms with van der Waals surface area (Å²) in [5.41, 5.74) is 6.49. The molecule has 0 heterocycles. The van der Waals surface area contributed by atoms with Gasteiger partial charge in [-0.25, -0.2) is 9.09 Å². The third-order valence-electron chi connectivity index (χ3n) is 2.87. The van der Waals surface area contributed by atoms with Crippen molar-refractivity contribution < 1.29 is 27.9 Å². The summed E-state index contributed by atoms with van der Waals surface area (Å²) in [6.07, 6.45) is 1.49. The maximum Gasteiger partial charge on any atom is 0.493 e. The van der Waals surface area contributed by atoms with Crippen molar-refractivity contribution in [2.24, 2.45) is 10.7 Å². The molecule has 0 bridgehead atoms. The van der Waals surface area contributed by atoms with Gasteiger partial charge < -0.3 is 15.0 Å². The SMILES string of the molecule is CN=C(N)NP(=O)(OCOC(=O)CCCc1ccccc1)OC(C)=O. The average Bonchev–Trinajstić information content (AvgIpc) is 2.54. The number of guanidine groups is 1. The minimum Gasteiger partial charge on any atom is -0.438 e. The first-order valence-electron chi connectivity index (χ1n) is 7.49. The maximum atomic E-state index is 12.2. The van der Waals surface area contributed by atoms with E-state index in [1.54, 1.807) is 0 Å². The van der Waals surface area contributed by atoms with Crippen molar-refractivity contribution in [1.82, 2.24) is 5.09 Å². The molecule has 1 aromatic carbocycles. The zero-order chi connectivity index (χ0) is 18.7. The fourth-order valence-corrected chi connectivity index (χ4v) is 2.83. The van der Waals surface area contributed by atoms with Crippen LogP contribution in [0, 0.1) is 0 Å². The smallest absolute Gasteiger partial charge is 0.438 e. The number of hydrogen-bond acceptors (Lipinski definition) is 7. The van der Waals surface area contributed by atoms with Crippen molar-refractivity contribution in [1.29, 1.82) is 0 Å². The highest BCUT2D eigenvalue weighted by atomic mass is 31.2. The summed E-state index contributed by atoms with van der Waals surface area (Å²) in [6, 6.07) is 9.70. The minimum atomic E-state index is -4.11.